The Balaban J connectivity index is 1.80. The molecule has 0 bridgehead atoms. The van der Waals surface area contributed by atoms with Gasteiger partial charge in [0.15, 0.2) is 0 Å². The molecule has 2 aromatic rings. The fraction of sp³-hybridized carbons (Fsp3) is 0.211. The molecular weight excluding hydrogens is 445 g/mol. The molecule has 6 nitrogen and oxygen atoms in total. The van der Waals surface area contributed by atoms with E-state index in [9.17, 15) is 9.59 Å². The maximum atomic E-state index is 12.0. The van der Waals surface area contributed by atoms with E-state index in [1.54, 1.807) is 32.2 Å². The summed E-state index contributed by atoms with van der Waals surface area (Å²) in [6, 6.07) is 14.6. The van der Waals surface area contributed by atoms with Crippen molar-refractivity contribution in [3.8, 4) is 5.75 Å². The molecule has 0 radical (unpaired) electrons. The minimum atomic E-state index is -0.304. The first-order valence-electron chi connectivity index (χ1n) is 7.96. The second-order valence-electron chi connectivity index (χ2n) is 5.60. The van der Waals surface area contributed by atoms with E-state index in [-0.39, 0.29) is 18.2 Å². The maximum absolute atomic E-state index is 12.0. The van der Waals surface area contributed by atoms with Crippen molar-refractivity contribution < 1.29 is 14.3 Å². The predicted molar refractivity (Wildman–Crippen MR) is 109 cm³/mol. The van der Waals surface area contributed by atoms with Crippen molar-refractivity contribution in [2.75, 3.05) is 7.11 Å². The van der Waals surface area contributed by atoms with Gasteiger partial charge in [-0.3, -0.25) is 9.59 Å². The summed E-state index contributed by atoms with van der Waals surface area (Å²) in [4.78, 5) is 24.0. The smallest absolute Gasteiger partial charge is 0.271 e. The van der Waals surface area contributed by atoms with Crippen LogP contribution in [0.25, 0.3) is 0 Å². The SMILES string of the molecule is COc1ccc(CNC(=O)C/C(C)=N/NC(=O)c2cccc(I)c2)cc1. The Morgan fingerprint density at radius 3 is 2.54 bits per heavy atom. The van der Waals surface area contributed by atoms with E-state index in [4.69, 9.17) is 4.74 Å². The van der Waals surface area contributed by atoms with Gasteiger partial charge >= 0.3 is 0 Å². The molecule has 0 aliphatic heterocycles. The first-order valence-corrected chi connectivity index (χ1v) is 9.04. The highest BCUT2D eigenvalue weighted by Crippen LogP contribution is 2.11. The topological polar surface area (TPSA) is 79.8 Å². The average molecular weight is 465 g/mol. The summed E-state index contributed by atoms with van der Waals surface area (Å²) < 4.78 is 6.06. The van der Waals surface area contributed by atoms with Crippen molar-refractivity contribution in [2.45, 2.75) is 19.9 Å². The van der Waals surface area contributed by atoms with Gasteiger partial charge < -0.3 is 10.1 Å². The Bertz CT molecular complexity index is 804. The molecule has 2 aromatic carbocycles. The molecule has 2 rings (SSSR count). The number of nitrogens with zero attached hydrogens (tertiary/aromatic N) is 1. The average Bonchev–Trinajstić information content (AvgIpc) is 2.65. The number of carbonyl (C=O) groups is 2. The summed E-state index contributed by atoms with van der Waals surface area (Å²) in [6.45, 7) is 2.12. The van der Waals surface area contributed by atoms with Crippen molar-refractivity contribution in [1.82, 2.24) is 10.7 Å². The summed E-state index contributed by atoms with van der Waals surface area (Å²) in [5, 5.41) is 6.80. The van der Waals surface area contributed by atoms with E-state index in [0.29, 0.717) is 17.8 Å². The van der Waals surface area contributed by atoms with E-state index in [2.05, 4.69) is 38.4 Å². The van der Waals surface area contributed by atoms with Crippen molar-refractivity contribution in [3.63, 3.8) is 0 Å². The van der Waals surface area contributed by atoms with Gasteiger partial charge in [0.1, 0.15) is 5.75 Å². The van der Waals surface area contributed by atoms with Crippen LogP contribution >= 0.6 is 22.6 Å². The van der Waals surface area contributed by atoms with Gasteiger partial charge in [0.2, 0.25) is 5.91 Å². The number of benzene rings is 2. The Hall–Kier alpha value is -2.42. The third-order valence-electron chi connectivity index (χ3n) is 3.50. The van der Waals surface area contributed by atoms with Crippen LogP contribution in [0, 0.1) is 3.57 Å². The normalized spacial score (nSPS) is 11.0. The molecular formula is C19H20IN3O3. The maximum Gasteiger partial charge on any atom is 0.271 e. The molecule has 0 aliphatic carbocycles. The number of hydrogen-bond donors (Lipinski definition) is 2. The third-order valence-corrected chi connectivity index (χ3v) is 4.17. The Morgan fingerprint density at radius 2 is 1.88 bits per heavy atom. The predicted octanol–water partition coefficient (Wildman–Crippen LogP) is 3.11. The van der Waals surface area contributed by atoms with Gasteiger partial charge in [0.25, 0.3) is 5.91 Å². The molecule has 0 saturated heterocycles. The number of amides is 2. The highest BCUT2D eigenvalue weighted by molar-refractivity contribution is 14.1. The number of rotatable bonds is 7. The van der Waals surface area contributed by atoms with E-state index in [0.717, 1.165) is 14.9 Å². The van der Waals surface area contributed by atoms with Crippen molar-refractivity contribution in [2.24, 2.45) is 5.10 Å². The Morgan fingerprint density at radius 1 is 1.15 bits per heavy atom. The van der Waals surface area contributed by atoms with Gasteiger partial charge in [0, 0.05) is 21.4 Å². The van der Waals surface area contributed by atoms with Crippen LogP contribution in [0.1, 0.15) is 29.3 Å². The molecule has 136 valence electrons. The lowest BCUT2D eigenvalue weighted by Crippen LogP contribution is -2.26. The zero-order chi connectivity index (χ0) is 18.9. The summed E-state index contributed by atoms with van der Waals surface area (Å²) in [5.41, 5.74) is 4.49. The van der Waals surface area contributed by atoms with E-state index in [1.165, 1.54) is 0 Å². The van der Waals surface area contributed by atoms with Crippen LogP contribution in [0.4, 0.5) is 0 Å². The van der Waals surface area contributed by atoms with Crippen molar-refractivity contribution in [3.05, 3.63) is 63.2 Å². The second-order valence-corrected chi connectivity index (χ2v) is 6.85. The quantitative estimate of drug-likeness (QED) is 0.375. The number of methoxy groups -OCH3 is 1. The molecule has 2 amide bonds. The van der Waals surface area contributed by atoms with Crippen molar-refractivity contribution in [1.29, 1.82) is 0 Å². The Kier molecular flexibility index (Phi) is 7.58. The molecule has 0 unspecified atom stereocenters. The second kappa shape index (κ2) is 9.91. The molecule has 0 saturated carbocycles. The van der Waals surface area contributed by atoms with Gasteiger partial charge in [-0.1, -0.05) is 18.2 Å². The lowest BCUT2D eigenvalue weighted by molar-refractivity contribution is -0.120. The van der Waals surface area contributed by atoms with Crippen LogP contribution in [-0.4, -0.2) is 24.6 Å². The lowest BCUT2D eigenvalue weighted by atomic mass is 10.2. The first kappa shape index (κ1) is 19.9. The number of halogens is 1. The fourth-order valence-electron chi connectivity index (χ4n) is 2.12. The van der Waals surface area contributed by atoms with E-state index >= 15 is 0 Å². The largest absolute Gasteiger partial charge is 0.497 e. The molecule has 0 atom stereocenters. The number of ether oxygens (including phenoxy) is 1. The molecule has 0 heterocycles. The van der Waals surface area contributed by atoms with E-state index < -0.39 is 0 Å². The number of nitrogens with one attached hydrogen (secondary N) is 2. The number of hydrazone groups is 1. The minimum absolute atomic E-state index is 0.114. The highest BCUT2D eigenvalue weighted by atomic mass is 127. The molecule has 7 heteroatoms. The van der Waals surface area contributed by atoms with Gasteiger partial charge in [-0.25, -0.2) is 5.43 Å². The minimum Gasteiger partial charge on any atom is -0.497 e. The summed E-state index contributed by atoms with van der Waals surface area (Å²) in [6.07, 6.45) is 0.114. The number of hydrogen-bond acceptors (Lipinski definition) is 4. The molecule has 0 spiro atoms. The summed E-state index contributed by atoms with van der Waals surface area (Å²) >= 11 is 2.14. The van der Waals surface area contributed by atoms with Crippen LogP contribution in [0.15, 0.2) is 53.6 Å². The van der Waals surface area contributed by atoms with Gasteiger partial charge in [-0.15, -0.1) is 0 Å². The Labute approximate surface area is 166 Å². The number of carbonyl (C=O) groups excluding carboxylic acids is 2. The summed E-state index contributed by atoms with van der Waals surface area (Å²) in [5.74, 6) is 0.305. The fourth-order valence-corrected chi connectivity index (χ4v) is 2.66. The van der Waals surface area contributed by atoms with Gasteiger partial charge in [-0.05, 0) is 65.4 Å². The molecule has 0 aromatic heterocycles. The van der Waals surface area contributed by atoms with Crippen LogP contribution in [0.2, 0.25) is 0 Å². The molecule has 2 N–H and O–H groups in total. The monoisotopic (exact) mass is 465 g/mol. The van der Waals surface area contributed by atoms with Crippen LogP contribution in [-0.2, 0) is 11.3 Å². The van der Waals surface area contributed by atoms with E-state index in [1.807, 2.05) is 30.3 Å². The summed E-state index contributed by atoms with van der Waals surface area (Å²) in [7, 11) is 1.61. The molecule has 26 heavy (non-hydrogen) atoms. The van der Waals surface area contributed by atoms with Crippen LogP contribution < -0.4 is 15.5 Å². The van der Waals surface area contributed by atoms with Crippen molar-refractivity contribution >= 4 is 40.1 Å². The molecule has 0 aliphatic rings. The zero-order valence-corrected chi connectivity index (χ0v) is 16.7. The van der Waals surface area contributed by atoms with Crippen LogP contribution in [0.5, 0.6) is 5.75 Å². The molecule has 0 fully saturated rings. The van der Waals surface area contributed by atoms with Gasteiger partial charge in [-0.2, -0.15) is 5.10 Å². The van der Waals surface area contributed by atoms with Crippen LogP contribution in [0.3, 0.4) is 0 Å². The van der Waals surface area contributed by atoms with Gasteiger partial charge in [0.05, 0.1) is 13.5 Å². The zero-order valence-electron chi connectivity index (χ0n) is 14.6. The lowest BCUT2D eigenvalue weighted by Gasteiger charge is -2.07. The first-order chi connectivity index (χ1) is 12.5. The standard InChI is InChI=1S/C19H20IN3O3/c1-13(22-23-19(25)15-4-3-5-16(20)11-15)10-18(24)21-12-14-6-8-17(26-2)9-7-14/h3-9,11H,10,12H2,1-2H3,(H,21,24)(H,23,25)/b22-13+. The highest BCUT2D eigenvalue weighted by Gasteiger charge is 2.07. The third kappa shape index (κ3) is 6.47.